The maximum absolute atomic E-state index is 11.6. The summed E-state index contributed by atoms with van der Waals surface area (Å²) in [5.41, 5.74) is 2.01. The zero-order valence-corrected chi connectivity index (χ0v) is 9.21. The van der Waals surface area contributed by atoms with Crippen LogP contribution >= 0.6 is 0 Å². The van der Waals surface area contributed by atoms with Crippen LogP contribution in [0, 0.1) is 0 Å². The van der Waals surface area contributed by atoms with Gasteiger partial charge in [0.15, 0.2) is 5.82 Å². The first-order valence-electron chi connectivity index (χ1n) is 5.11. The third kappa shape index (κ3) is 1.89. The lowest BCUT2D eigenvalue weighted by molar-refractivity contribution is -0.121. The Morgan fingerprint density at radius 2 is 1.94 bits per heavy atom. The summed E-state index contributed by atoms with van der Waals surface area (Å²) >= 11 is 0. The van der Waals surface area contributed by atoms with Gasteiger partial charge in [-0.1, -0.05) is 0 Å². The van der Waals surface area contributed by atoms with Crippen molar-refractivity contribution in [2.24, 2.45) is 5.84 Å². The van der Waals surface area contributed by atoms with Crippen molar-refractivity contribution in [2.45, 2.75) is 12.8 Å². The number of carboxylic acid groups (broad SMARTS) is 1. The largest absolute Gasteiger partial charge is 0.478 e. The first-order valence-corrected chi connectivity index (χ1v) is 5.11. The third-order valence-corrected chi connectivity index (χ3v) is 2.52. The SMILES string of the molecule is NNc1ccc(C(=O)O)c(N2C(=O)CCC2=O)n1. The van der Waals surface area contributed by atoms with E-state index in [1.165, 1.54) is 12.1 Å². The summed E-state index contributed by atoms with van der Waals surface area (Å²) in [6.07, 6.45) is 0.111. The number of pyridine rings is 1. The molecule has 1 aliphatic heterocycles. The first-order chi connectivity index (χ1) is 8.54. The number of hydrogen-bond donors (Lipinski definition) is 3. The average Bonchev–Trinajstić information content (AvgIpc) is 2.68. The zero-order valence-electron chi connectivity index (χ0n) is 9.21. The Morgan fingerprint density at radius 3 is 2.44 bits per heavy atom. The molecule has 0 aromatic carbocycles. The average molecular weight is 250 g/mol. The lowest BCUT2D eigenvalue weighted by Gasteiger charge is -2.15. The Morgan fingerprint density at radius 1 is 1.33 bits per heavy atom. The highest BCUT2D eigenvalue weighted by molar-refractivity contribution is 6.21. The summed E-state index contributed by atoms with van der Waals surface area (Å²) in [5, 5.41) is 9.02. The smallest absolute Gasteiger partial charge is 0.339 e. The predicted molar refractivity (Wildman–Crippen MR) is 60.7 cm³/mol. The van der Waals surface area contributed by atoms with Gasteiger partial charge >= 0.3 is 5.97 Å². The van der Waals surface area contributed by atoms with Crippen LogP contribution in [-0.2, 0) is 9.59 Å². The van der Waals surface area contributed by atoms with Gasteiger partial charge < -0.3 is 10.5 Å². The number of rotatable bonds is 3. The number of anilines is 2. The second kappa shape index (κ2) is 4.41. The van der Waals surface area contributed by atoms with Gasteiger partial charge in [-0.2, -0.15) is 0 Å². The molecule has 2 heterocycles. The van der Waals surface area contributed by atoms with E-state index in [2.05, 4.69) is 10.4 Å². The summed E-state index contributed by atoms with van der Waals surface area (Å²) in [6.45, 7) is 0. The standard InChI is InChI=1S/C10H10N4O4/c11-13-6-2-1-5(10(17)18)9(12-6)14-7(15)3-4-8(14)16/h1-2H,3-4,11H2,(H,12,13)(H,17,18). The molecular weight excluding hydrogens is 240 g/mol. The Hall–Kier alpha value is -2.48. The van der Waals surface area contributed by atoms with E-state index in [4.69, 9.17) is 10.9 Å². The number of hydrazine groups is 1. The molecule has 1 saturated heterocycles. The van der Waals surface area contributed by atoms with Gasteiger partial charge in [0, 0.05) is 12.8 Å². The second-order valence-corrected chi connectivity index (χ2v) is 3.64. The number of hydrogen-bond acceptors (Lipinski definition) is 6. The molecular formula is C10H10N4O4. The van der Waals surface area contributed by atoms with Crippen LogP contribution in [0.5, 0.6) is 0 Å². The molecule has 0 saturated carbocycles. The molecule has 18 heavy (non-hydrogen) atoms. The summed E-state index contributed by atoms with van der Waals surface area (Å²) in [4.78, 5) is 38.9. The Kier molecular flexibility index (Phi) is 2.94. The van der Waals surface area contributed by atoms with Crippen LogP contribution in [0.15, 0.2) is 12.1 Å². The number of nitrogen functional groups attached to an aromatic ring is 1. The van der Waals surface area contributed by atoms with Crippen LogP contribution in [0.4, 0.5) is 11.6 Å². The van der Waals surface area contributed by atoms with E-state index in [1.54, 1.807) is 0 Å². The molecule has 2 rings (SSSR count). The highest BCUT2D eigenvalue weighted by atomic mass is 16.4. The molecule has 0 spiro atoms. The van der Waals surface area contributed by atoms with E-state index in [1.807, 2.05) is 0 Å². The number of amides is 2. The van der Waals surface area contributed by atoms with Crippen LogP contribution in [-0.4, -0.2) is 27.9 Å². The quantitative estimate of drug-likeness (QED) is 0.382. The van der Waals surface area contributed by atoms with Crippen LogP contribution < -0.4 is 16.2 Å². The fourth-order valence-electron chi connectivity index (χ4n) is 1.68. The van der Waals surface area contributed by atoms with Crippen LogP contribution in [0.25, 0.3) is 0 Å². The first kappa shape index (κ1) is 12.0. The van der Waals surface area contributed by atoms with Gasteiger partial charge in [0.2, 0.25) is 11.8 Å². The topological polar surface area (TPSA) is 126 Å². The summed E-state index contributed by atoms with van der Waals surface area (Å²) in [7, 11) is 0. The number of carbonyl (C=O) groups excluding carboxylic acids is 2. The number of carboxylic acids is 1. The van der Waals surface area contributed by atoms with E-state index in [0.29, 0.717) is 0 Å². The number of aromatic carboxylic acids is 1. The van der Waals surface area contributed by atoms with Crippen molar-refractivity contribution in [1.82, 2.24) is 4.98 Å². The molecule has 94 valence electrons. The van der Waals surface area contributed by atoms with Crippen molar-refractivity contribution in [3.8, 4) is 0 Å². The van der Waals surface area contributed by atoms with Gasteiger partial charge in [-0.15, -0.1) is 0 Å². The summed E-state index contributed by atoms with van der Waals surface area (Å²) in [5.74, 6) is 2.92. The summed E-state index contributed by atoms with van der Waals surface area (Å²) in [6, 6.07) is 2.58. The molecule has 0 bridgehead atoms. The number of nitrogens with two attached hydrogens (primary N) is 1. The van der Waals surface area contributed by atoms with E-state index in [0.717, 1.165) is 4.90 Å². The minimum Gasteiger partial charge on any atom is -0.478 e. The van der Waals surface area contributed by atoms with Crippen molar-refractivity contribution >= 4 is 29.4 Å². The van der Waals surface area contributed by atoms with Crippen molar-refractivity contribution in [1.29, 1.82) is 0 Å². The molecule has 4 N–H and O–H groups in total. The monoisotopic (exact) mass is 250 g/mol. The molecule has 8 nitrogen and oxygen atoms in total. The predicted octanol–water partition coefficient (Wildman–Crippen LogP) is -0.281. The molecule has 0 unspecified atom stereocenters. The van der Waals surface area contributed by atoms with Crippen molar-refractivity contribution in [3.05, 3.63) is 17.7 Å². The summed E-state index contributed by atoms with van der Waals surface area (Å²) < 4.78 is 0. The van der Waals surface area contributed by atoms with Gasteiger partial charge in [0.25, 0.3) is 0 Å². The number of nitrogens with one attached hydrogen (secondary N) is 1. The van der Waals surface area contributed by atoms with Gasteiger partial charge in [-0.3, -0.25) is 9.59 Å². The molecule has 2 amide bonds. The molecule has 1 aromatic rings. The van der Waals surface area contributed by atoms with Crippen LogP contribution in [0.3, 0.4) is 0 Å². The fourth-order valence-corrected chi connectivity index (χ4v) is 1.68. The minimum absolute atomic E-state index is 0.0554. The maximum atomic E-state index is 11.6. The number of aromatic nitrogens is 1. The highest BCUT2D eigenvalue weighted by Crippen LogP contribution is 2.25. The van der Waals surface area contributed by atoms with Crippen LogP contribution in [0.1, 0.15) is 23.2 Å². The van der Waals surface area contributed by atoms with Gasteiger partial charge in [0.05, 0.1) is 0 Å². The lowest BCUT2D eigenvalue weighted by atomic mass is 10.2. The van der Waals surface area contributed by atoms with Gasteiger partial charge in [-0.05, 0) is 12.1 Å². The maximum Gasteiger partial charge on any atom is 0.339 e. The van der Waals surface area contributed by atoms with Gasteiger partial charge in [-0.25, -0.2) is 20.5 Å². The molecule has 8 heteroatoms. The Labute approximate surface area is 101 Å². The fraction of sp³-hybridized carbons (Fsp3) is 0.200. The Bertz CT molecular complexity index is 527. The number of carbonyl (C=O) groups is 3. The Balaban J connectivity index is 2.56. The number of nitrogens with zero attached hydrogens (tertiary/aromatic N) is 2. The molecule has 0 radical (unpaired) electrons. The number of imide groups is 1. The molecule has 0 atom stereocenters. The van der Waals surface area contributed by atoms with Crippen molar-refractivity contribution < 1.29 is 19.5 Å². The van der Waals surface area contributed by atoms with E-state index < -0.39 is 17.8 Å². The van der Waals surface area contributed by atoms with E-state index in [-0.39, 0.29) is 30.0 Å². The molecule has 1 fully saturated rings. The van der Waals surface area contributed by atoms with E-state index >= 15 is 0 Å². The van der Waals surface area contributed by atoms with Crippen LogP contribution in [0.2, 0.25) is 0 Å². The normalized spacial score (nSPS) is 15.1. The second-order valence-electron chi connectivity index (χ2n) is 3.64. The molecule has 1 aliphatic rings. The molecule has 1 aromatic heterocycles. The van der Waals surface area contributed by atoms with E-state index in [9.17, 15) is 14.4 Å². The molecule has 0 aliphatic carbocycles. The third-order valence-electron chi connectivity index (χ3n) is 2.52. The minimum atomic E-state index is -1.27. The van der Waals surface area contributed by atoms with Crippen molar-refractivity contribution in [2.75, 3.05) is 10.3 Å². The van der Waals surface area contributed by atoms with Crippen molar-refractivity contribution in [3.63, 3.8) is 0 Å². The van der Waals surface area contributed by atoms with Gasteiger partial charge in [0.1, 0.15) is 11.4 Å². The highest BCUT2D eigenvalue weighted by Gasteiger charge is 2.34. The zero-order chi connectivity index (χ0) is 13.3. The lowest BCUT2D eigenvalue weighted by Crippen LogP contribution is -2.31.